The molecule has 24 heavy (non-hydrogen) atoms. The number of nitriles is 1. The van der Waals surface area contributed by atoms with Crippen LogP contribution in [-0.4, -0.2) is 60.3 Å². The van der Waals surface area contributed by atoms with Gasteiger partial charge in [0.2, 0.25) is 5.91 Å². The Balaban J connectivity index is 2.04. The highest BCUT2D eigenvalue weighted by atomic mass is 16.2. The monoisotopic (exact) mass is 326 g/mol. The Kier molecular flexibility index (Phi) is 6.11. The maximum Gasteiger partial charge on any atom is 0.234 e. The highest BCUT2D eigenvalue weighted by Crippen LogP contribution is 2.22. The van der Waals surface area contributed by atoms with Gasteiger partial charge in [0.15, 0.2) is 5.82 Å². The molecule has 0 atom stereocenters. The van der Waals surface area contributed by atoms with E-state index in [0.717, 1.165) is 37.3 Å². The Morgan fingerprint density at radius 2 is 2.08 bits per heavy atom. The van der Waals surface area contributed by atoms with E-state index in [-0.39, 0.29) is 12.5 Å². The van der Waals surface area contributed by atoms with Crippen molar-refractivity contribution >= 4 is 11.7 Å². The predicted octanol–water partition coefficient (Wildman–Crippen LogP) is 0.227. The zero-order chi connectivity index (χ0) is 17.5. The van der Waals surface area contributed by atoms with E-state index in [1.807, 2.05) is 13.8 Å². The van der Waals surface area contributed by atoms with Gasteiger partial charge in [0, 0.05) is 26.2 Å². The molecule has 126 valence electrons. The van der Waals surface area contributed by atoms with Crippen molar-refractivity contribution in [2.45, 2.75) is 20.3 Å². The minimum Gasteiger partial charge on any atom is -0.353 e. The number of terminal acetylenes is 1. The maximum absolute atomic E-state index is 11.8. The molecule has 1 aromatic rings. The molecule has 1 amide bonds. The van der Waals surface area contributed by atoms with Gasteiger partial charge in [-0.25, -0.2) is 0 Å². The summed E-state index contributed by atoms with van der Waals surface area (Å²) in [4.78, 5) is 16.0. The molecular weight excluding hydrogens is 304 g/mol. The van der Waals surface area contributed by atoms with Crippen LogP contribution < -0.4 is 10.2 Å². The van der Waals surface area contributed by atoms with E-state index in [4.69, 9.17) is 6.42 Å². The number of hydrogen-bond donors (Lipinski definition) is 1. The molecule has 7 heteroatoms. The third kappa shape index (κ3) is 4.21. The van der Waals surface area contributed by atoms with E-state index < -0.39 is 0 Å². The van der Waals surface area contributed by atoms with Crippen LogP contribution in [0.1, 0.15) is 23.2 Å². The number of aryl methyl sites for hydroxylation is 1. The van der Waals surface area contributed by atoms with Gasteiger partial charge in [0.05, 0.1) is 18.8 Å². The van der Waals surface area contributed by atoms with Crippen molar-refractivity contribution in [3.63, 3.8) is 0 Å². The average molecular weight is 326 g/mol. The molecule has 0 saturated carbocycles. The summed E-state index contributed by atoms with van der Waals surface area (Å²) < 4.78 is 0. The number of amides is 1. The first kappa shape index (κ1) is 17.7. The second kappa shape index (κ2) is 8.28. The third-order valence-electron chi connectivity index (χ3n) is 4.19. The van der Waals surface area contributed by atoms with Crippen LogP contribution in [0.25, 0.3) is 0 Å². The summed E-state index contributed by atoms with van der Waals surface area (Å²) in [6.45, 7) is 7.37. The van der Waals surface area contributed by atoms with Crippen LogP contribution in [0.4, 0.5) is 5.82 Å². The number of aromatic nitrogens is 2. The summed E-state index contributed by atoms with van der Waals surface area (Å²) in [5.41, 5.74) is 2.23. The lowest BCUT2D eigenvalue weighted by Crippen LogP contribution is -2.39. The molecule has 0 spiro atoms. The number of carbonyl (C=O) groups is 1. The predicted molar refractivity (Wildman–Crippen MR) is 91.3 cm³/mol. The van der Waals surface area contributed by atoms with Crippen molar-refractivity contribution in [2.75, 3.05) is 44.2 Å². The van der Waals surface area contributed by atoms with Crippen molar-refractivity contribution in [1.29, 1.82) is 5.26 Å². The van der Waals surface area contributed by atoms with Crippen molar-refractivity contribution in [3.8, 4) is 18.4 Å². The van der Waals surface area contributed by atoms with Gasteiger partial charge in [-0.05, 0) is 25.8 Å². The number of nitrogens with zero attached hydrogens (tertiary/aromatic N) is 5. The van der Waals surface area contributed by atoms with E-state index in [1.165, 1.54) is 0 Å². The fourth-order valence-corrected chi connectivity index (χ4v) is 2.70. The van der Waals surface area contributed by atoms with Gasteiger partial charge in [-0.1, -0.05) is 5.92 Å². The summed E-state index contributed by atoms with van der Waals surface area (Å²) in [5, 5.41) is 20.5. The molecule has 0 radical (unpaired) electrons. The average Bonchev–Trinajstić information content (AvgIpc) is 2.81. The van der Waals surface area contributed by atoms with Gasteiger partial charge in [0.1, 0.15) is 11.6 Å². The van der Waals surface area contributed by atoms with Crippen LogP contribution in [0, 0.1) is 37.5 Å². The van der Waals surface area contributed by atoms with Crippen LogP contribution in [0.5, 0.6) is 0 Å². The lowest BCUT2D eigenvalue weighted by molar-refractivity contribution is -0.121. The fraction of sp³-hybridized carbons (Fsp3) is 0.529. The topological polar surface area (TPSA) is 85.2 Å². The normalized spacial score (nSPS) is 15.2. The number of carbonyl (C=O) groups excluding carboxylic acids is 1. The smallest absolute Gasteiger partial charge is 0.234 e. The van der Waals surface area contributed by atoms with Crippen molar-refractivity contribution in [3.05, 3.63) is 16.8 Å². The summed E-state index contributed by atoms with van der Waals surface area (Å²) in [6.07, 6.45) is 6.03. The van der Waals surface area contributed by atoms with E-state index in [9.17, 15) is 10.1 Å². The molecule has 0 unspecified atom stereocenters. The Hall–Kier alpha value is -2.64. The molecule has 1 N–H and O–H groups in total. The maximum atomic E-state index is 11.8. The molecule has 0 aromatic carbocycles. The largest absolute Gasteiger partial charge is 0.353 e. The highest BCUT2D eigenvalue weighted by Gasteiger charge is 2.21. The van der Waals surface area contributed by atoms with Crippen molar-refractivity contribution < 1.29 is 4.79 Å². The molecule has 2 heterocycles. The molecule has 1 saturated heterocycles. The SMILES string of the molecule is C#CCNC(=O)CN1CCCN(c2nnc(C)c(C)c2C#N)CC1. The number of rotatable bonds is 4. The summed E-state index contributed by atoms with van der Waals surface area (Å²) >= 11 is 0. The molecule has 1 aromatic heterocycles. The highest BCUT2D eigenvalue weighted by molar-refractivity contribution is 5.78. The second-order valence-corrected chi connectivity index (χ2v) is 5.82. The van der Waals surface area contributed by atoms with Gasteiger partial charge >= 0.3 is 0 Å². The Labute approximate surface area is 142 Å². The molecule has 7 nitrogen and oxygen atoms in total. The van der Waals surface area contributed by atoms with E-state index in [2.05, 4.69) is 37.3 Å². The first-order chi connectivity index (χ1) is 11.6. The summed E-state index contributed by atoms with van der Waals surface area (Å²) in [7, 11) is 0. The molecule has 1 fully saturated rings. The van der Waals surface area contributed by atoms with Gasteiger partial charge in [-0.2, -0.15) is 10.4 Å². The lowest BCUT2D eigenvalue weighted by Gasteiger charge is -2.23. The quantitative estimate of drug-likeness (QED) is 0.797. The minimum atomic E-state index is -0.0647. The Morgan fingerprint density at radius 3 is 2.79 bits per heavy atom. The first-order valence-corrected chi connectivity index (χ1v) is 7.98. The zero-order valence-corrected chi connectivity index (χ0v) is 14.2. The van der Waals surface area contributed by atoms with E-state index >= 15 is 0 Å². The standard InChI is InChI=1S/C17H22N6O/c1-4-6-19-16(24)12-22-7-5-8-23(10-9-22)17-15(11-18)13(2)14(3)20-21-17/h1H,5-10,12H2,2-3H3,(H,19,24). The minimum absolute atomic E-state index is 0.0647. The first-order valence-electron chi connectivity index (χ1n) is 7.98. The molecular formula is C17H22N6O. The van der Waals surface area contributed by atoms with Crippen molar-refractivity contribution in [2.24, 2.45) is 0 Å². The van der Waals surface area contributed by atoms with Crippen LogP contribution in [0.2, 0.25) is 0 Å². The lowest BCUT2D eigenvalue weighted by atomic mass is 10.1. The van der Waals surface area contributed by atoms with Crippen molar-refractivity contribution in [1.82, 2.24) is 20.4 Å². The molecule has 0 bridgehead atoms. The van der Waals surface area contributed by atoms with Gasteiger partial charge < -0.3 is 10.2 Å². The Bertz CT molecular complexity index is 688. The molecule has 1 aliphatic heterocycles. The number of anilines is 1. The third-order valence-corrected chi connectivity index (χ3v) is 4.19. The van der Waals surface area contributed by atoms with E-state index in [1.54, 1.807) is 0 Å². The zero-order valence-electron chi connectivity index (χ0n) is 14.2. The van der Waals surface area contributed by atoms with Crippen LogP contribution in [0.15, 0.2) is 0 Å². The fourth-order valence-electron chi connectivity index (χ4n) is 2.70. The number of hydrogen-bond acceptors (Lipinski definition) is 6. The van der Waals surface area contributed by atoms with E-state index in [0.29, 0.717) is 24.5 Å². The second-order valence-electron chi connectivity index (χ2n) is 5.82. The van der Waals surface area contributed by atoms with Crippen LogP contribution in [-0.2, 0) is 4.79 Å². The summed E-state index contributed by atoms with van der Waals surface area (Å²) in [6, 6.07) is 2.25. The van der Waals surface area contributed by atoms with Gasteiger partial charge in [-0.15, -0.1) is 11.5 Å². The van der Waals surface area contributed by atoms with Gasteiger partial charge in [0.25, 0.3) is 0 Å². The number of nitrogens with one attached hydrogen (secondary N) is 1. The Morgan fingerprint density at radius 1 is 1.29 bits per heavy atom. The van der Waals surface area contributed by atoms with Crippen LogP contribution >= 0.6 is 0 Å². The molecule has 2 rings (SSSR count). The van der Waals surface area contributed by atoms with Crippen LogP contribution in [0.3, 0.4) is 0 Å². The molecule has 0 aliphatic carbocycles. The van der Waals surface area contributed by atoms with Gasteiger partial charge in [-0.3, -0.25) is 9.69 Å². The summed E-state index contributed by atoms with van der Waals surface area (Å²) in [5.74, 6) is 2.97. The molecule has 1 aliphatic rings.